The van der Waals surface area contributed by atoms with Crippen molar-refractivity contribution in [1.29, 1.82) is 0 Å². The van der Waals surface area contributed by atoms with E-state index >= 15 is 0 Å². The Kier molecular flexibility index (Phi) is 4.33. The Morgan fingerprint density at radius 2 is 1.92 bits per heavy atom. The SMILES string of the molecule is Cc1ccc2nc(C(C=Nc3ccc(C)c(F)c3)=NN)ccc2c1. The van der Waals surface area contributed by atoms with Crippen molar-refractivity contribution in [3.05, 3.63) is 71.2 Å². The van der Waals surface area contributed by atoms with E-state index in [-0.39, 0.29) is 5.82 Å². The van der Waals surface area contributed by atoms with Crippen LogP contribution < -0.4 is 5.84 Å². The zero-order valence-electron chi connectivity index (χ0n) is 13.5. The number of aromatic nitrogens is 1. The Labute approximate surface area is 139 Å². The number of fused-ring (bicyclic) bond motifs is 1. The summed E-state index contributed by atoms with van der Waals surface area (Å²) in [6, 6.07) is 14.6. The summed E-state index contributed by atoms with van der Waals surface area (Å²) >= 11 is 0. The summed E-state index contributed by atoms with van der Waals surface area (Å²) in [5.74, 6) is 5.18. The van der Waals surface area contributed by atoms with E-state index in [1.54, 1.807) is 19.1 Å². The highest BCUT2D eigenvalue weighted by atomic mass is 19.1. The first kappa shape index (κ1) is 15.8. The van der Waals surface area contributed by atoms with Gasteiger partial charge >= 0.3 is 0 Å². The van der Waals surface area contributed by atoms with Crippen LogP contribution in [0.15, 0.2) is 58.6 Å². The minimum absolute atomic E-state index is 0.296. The fraction of sp³-hybridized carbons (Fsp3) is 0.105. The molecule has 3 aromatic rings. The third-order valence-electron chi connectivity index (χ3n) is 3.74. The molecular weight excluding hydrogens is 303 g/mol. The van der Waals surface area contributed by atoms with Crippen LogP contribution in [0.5, 0.6) is 0 Å². The molecule has 4 nitrogen and oxygen atoms in total. The Morgan fingerprint density at radius 1 is 1.08 bits per heavy atom. The van der Waals surface area contributed by atoms with Crippen molar-refractivity contribution in [3.8, 4) is 0 Å². The summed E-state index contributed by atoms with van der Waals surface area (Å²) in [7, 11) is 0. The van der Waals surface area contributed by atoms with Gasteiger partial charge in [0.25, 0.3) is 0 Å². The van der Waals surface area contributed by atoms with E-state index in [1.165, 1.54) is 17.8 Å². The molecule has 0 aliphatic rings. The molecule has 0 fully saturated rings. The predicted octanol–water partition coefficient (Wildman–Crippen LogP) is 4.06. The van der Waals surface area contributed by atoms with Gasteiger partial charge < -0.3 is 5.84 Å². The Morgan fingerprint density at radius 3 is 2.67 bits per heavy atom. The second-order valence-electron chi connectivity index (χ2n) is 5.60. The summed E-state index contributed by atoms with van der Waals surface area (Å²) in [6.07, 6.45) is 1.49. The maximum Gasteiger partial charge on any atom is 0.128 e. The molecule has 0 saturated heterocycles. The lowest BCUT2D eigenvalue weighted by Crippen LogP contribution is -2.08. The van der Waals surface area contributed by atoms with Crippen molar-refractivity contribution in [1.82, 2.24) is 4.98 Å². The van der Waals surface area contributed by atoms with Crippen molar-refractivity contribution in [2.24, 2.45) is 15.9 Å². The number of rotatable bonds is 3. The number of nitrogens with zero attached hydrogens (tertiary/aromatic N) is 3. The summed E-state index contributed by atoms with van der Waals surface area (Å²) in [5, 5.41) is 4.80. The lowest BCUT2D eigenvalue weighted by molar-refractivity contribution is 0.619. The van der Waals surface area contributed by atoms with Gasteiger partial charge in [-0.25, -0.2) is 9.37 Å². The highest BCUT2D eigenvalue weighted by molar-refractivity contribution is 6.38. The van der Waals surface area contributed by atoms with Gasteiger partial charge in [0.15, 0.2) is 0 Å². The smallest absolute Gasteiger partial charge is 0.128 e. The van der Waals surface area contributed by atoms with Crippen molar-refractivity contribution in [2.45, 2.75) is 13.8 Å². The number of benzene rings is 2. The highest BCUT2D eigenvalue weighted by Crippen LogP contribution is 2.17. The Hall–Kier alpha value is -3.08. The summed E-state index contributed by atoms with van der Waals surface area (Å²) in [4.78, 5) is 8.79. The molecule has 1 heterocycles. The third-order valence-corrected chi connectivity index (χ3v) is 3.74. The first-order chi connectivity index (χ1) is 11.6. The van der Waals surface area contributed by atoms with Gasteiger partial charge in [0.1, 0.15) is 11.5 Å². The van der Waals surface area contributed by atoms with Crippen LogP contribution >= 0.6 is 0 Å². The van der Waals surface area contributed by atoms with Crippen LogP contribution in [-0.4, -0.2) is 16.9 Å². The first-order valence-electron chi connectivity index (χ1n) is 7.53. The van der Waals surface area contributed by atoms with E-state index in [1.807, 2.05) is 31.2 Å². The van der Waals surface area contributed by atoms with Gasteiger partial charge in [-0.1, -0.05) is 23.8 Å². The van der Waals surface area contributed by atoms with Crippen LogP contribution in [0, 0.1) is 19.7 Å². The van der Waals surface area contributed by atoms with Gasteiger partial charge in [0, 0.05) is 5.39 Å². The molecule has 0 aliphatic heterocycles. The van der Waals surface area contributed by atoms with Crippen LogP contribution in [-0.2, 0) is 0 Å². The summed E-state index contributed by atoms with van der Waals surface area (Å²) < 4.78 is 13.6. The molecule has 0 amide bonds. The molecule has 2 aromatic carbocycles. The van der Waals surface area contributed by atoms with Crippen molar-refractivity contribution < 1.29 is 4.39 Å². The van der Waals surface area contributed by atoms with Crippen molar-refractivity contribution >= 4 is 28.5 Å². The molecule has 0 saturated carbocycles. The van der Waals surface area contributed by atoms with Crippen LogP contribution in [0.2, 0.25) is 0 Å². The standard InChI is InChI=1S/C19H17FN4/c1-12-3-7-17-14(9-12)5-8-18(23-17)19(24-21)11-22-15-6-4-13(2)16(20)10-15/h3-11H,21H2,1-2H3. The number of aryl methyl sites for hydroxylation is 2. The summed E-state index contributed by atoms with van der Waals surface area (Å²) in [5.41, 5.74) is 4.15. The van der Waals surface area contributed by atoms with E-state index in [2.05, 4.69) is 21.1 Å². The number of aliphatic imine (C=N–C) groups is 1. The molecule has 5 heteroatoms. The molecule has 24 heavy (non-hydrogen) atoms. The predicted molar refractivity (Wildman–Crippen MR) is 96.5 cm³/mol. The van der Waals surface area contributed by atoms with Crippen molar-refractivity contribution in [2.75, 3.05) is 0 Å². The number of pyridine rings is 1. The van der Waals surface area contributed by atoms with Crippen molar-refractivity contribution in [3.63, 3.8) is 0 Å². The van der Waals surface area contributed by atoms with Gasteiger partial charge in [-0.05, 0) is 49.7 Å². The third kappa shape index (κ3) is 3.30. The average molecular weight is 320 g/mol. The molecule has 3 rings (SSSR count). The Bertz CT molecular complexity index is 961. The highest BCUT2D eigenvalue weighted by Gasteiger charge is 2.05. The monoisotopic (exact) mass is 320 g/mol. The minimum atomic E-state index is -0.296. The second kappa shape index (κ2) is 6.58. The molecule has 0 bridgehead atoms. The quantitative estimate of drug-likeness (QED) is 0.449. The molecule has 0 aliphatic carbocycles. The lowest BCUT2D eigenvalue weighted by Gasteiger charge is -2.03. The molecule has 0 unspecified atom stereocenters. The van der Waals surface area contributed by atoms with E-state index in [4.69, 9.17) is 5.84 Å². The van der Waals surface area contributed by atoms with Crippen LogP contribution in [0.25, 0.3) is 10.9 Å². The van der Waals surface area contributed by atoms with Gasteiger partial charge in [-0.2, -0.15) is 5.10 Å². The maximum atomic E-state index is 13.6. The van der Waals surface area contributed by atoms with Gasteiger partial charge in [0.05, 0.1) is 23.1 Å². The van der Waals surface area contributed by atoms with E-state index < -0.39 is 0 Å². The Balaban J connectivity index is 1.92. The molecule has 2 N–H and O–H groups in total. The lowest BCUT2D eigenvalue weighted by atomic mass is 10.1. The second-order valence-corrected chi connectivity index (χ2v) is 5.60. The molecule has 0 radical (unpaired) electrons. The van der Waals surface area contributed by atoms with Crippen LogP contribution in [0.3, 0.4) is 0 Å². The van der Waals surface area contributed by atoms with Crippen LogP contribution in [0.4, 0.5) is 10.1 Å². The topological polar surface area (TPSA) is 63.6 Å². The fourth-order valence-corrected chi connectivity index (χ4v) is 2.35. The molecule has 1 aromatic heterocycles. The van der Waals surface area contributed by atoms with Gasteiger partial charge in [-0.3, -0.25) is 4.99 Å². The van der Waals surface area contributed by atoms with Gasteiger partial charge in [0.2, 0.25) is 0 Å². The van der Waals surface area contributed by atoms with E-state index in [9.17, 15) is 4.39 Å². The van der Waals surface area contributed by atoms with E-state index in [0.29, 0.717) is 22.7 Å². The average Bonchev–Trinajstić information content (AvgIpc) is 2.58. The largest absolute Gasteiger partial charge is 0.323 e. The normalized spacial score (nSPS) is 12.2. The molecule has 0 spiro atoms. The molecule has 120 valence electrons. The fourth-order valence-electron chi connectivity index (χ4n) is 2.35. The van der Waals surface area contributed by atoms with Gasteiger partial charge in [-0.15, -0.1) is 0 Å². The zero-order chi connectivity index (χ0) is 17.1. The number of nitrogens with two attached hydrogens (primary N) is 1. The number of halogens is 1. The number of hydrogen-bond donors (Lipinski definition) is 1. The van der Waals surface area contributed by atoms with Crippen LogP contribution in [0.1, 0.15) is 16.8 Å². The molecule has 0 atom stereocenters. The summed E-state index contributed by atoms with van der Waals surface area (Å²) in [6.45, 7) is 3.74. The first-order valence-corrected chi connectivity index (χ1v) is 7.53. The maximum absolute atomic E-state index is 13.6. The number of hydrazone groups is 1. The number of hydrogen-bond acceptors (Lipinski definition) is 4. The van der Waals surface area contributed by atoms with E-state index in [0.717, 1.165) is 10.9 Å². The molecular formula is C19H17FN4. The minimum Gasteiger partial charge on any atom is -0.323 e. The zero-order valence-corrected chi connectivity index (χ0v) is 13.5.